The van der Waals surface area contributed by atoms with Crippen molar-refractivity contribution in [3.05, 3.63) is 27.0 Å². The summed E-state index contributed by atoms with van der Waals surface area (Å²) in [5.74, 6) is 0.328. The molecule has 1 amide bonds. The Morgan fingerprint density at radius 1 is 1.29 bits per heavy atom. The van der Waals surface area contributed by atoms with Crippen LogP contribution in [-0.4, -0.2) is 43.9 Å². The average Bonchev–Trinajstić information content (AvgIpc) is 3.10. The minimum absolute atomic E-state index is 0.00546. The van der Waals surface area contributed by atoms with E-state index in [2.05, 4.69) is 24.2 Å². The van der Waals surface area contributed by atoms with Crippen molar-refractivity contribution in [1.29, 1.82) is 0 Å². The minimum Gasteiger partial charge on any atom is -0.336 e. The maximum atomic E-state index is 12.9. The summed E-state index contributed by atoms with van der Waals surface area (Å²) < 4.78 is 1.81. The predicted octanol–water partition coefficient (Wildman–Crippen LogP) is 3.26. The van der Waals surface area contributed by atoms with E-state index in [0.29, 0.717) is 11.6 Å². The van der Waals surface area contributed by atoms with E-state index >= 15 is 0 Å². The summed E-state index contributed by atoms with van der Waals surface area (Å²) in [6.07, 6.45) is 2.10. The Labute approximate surface area is 146 Å². The van der Waals surface area contributed by atoms with Gasteiger partial charge in [-0.1, -0.05) is 5.21 Å². The van der Waals surface area contributed by atoms with Gasteiger partial charge in [0.25, 0.3) is 5.91 Å². The standard InChI is InChI=1S/C17H25N5OS/c1-10(2)22-12(4)15(19-20-22)17(23)21-8-6-7-14(9-21)16-18-11(3)13(5)24-16/h10,14H,6-9H2,1-5H3. The molecule has 0 spiro atoms. The number of carbonyl (C=O) groups excluding carboxylic acids is 1. The number of thiazole rings is 1. The van der Waals surface area contributed by atoms with Crippen molar-refractivity contribution >= 4 is 17.2 Å². The summed E-state index contributed by atoms with van der Waals surface area (Å²) in [6, 6.07) is 0.203. The first kappa shape index (κ1) is 17.1. The molecule has 0 saturated carbocycles. The number of hydrogen-bond donors (Lipinski definition) is 0. The highest BCUT2D eigenvalue weighted by Gasteiger charge is 2.30. The highest BCUT2D eigenvalue weighted by Crippen LogP contribution is 2.31. The van der Waals surface area contributed by atoms with Crippen LogP contribution >= 0.6 is 11.3 Å². The smallest absolute Gasteiger partial charge is 0.276 e. The molecule has 2 aromatic rings. The lowest BCUT2D eigenvalue weighted by Gasteiger charge is -2.31. The Morgan fingerprint density at radius 3 is 2.62 bits per heavy atom. The van der Waals surface area contributed by atoms with Crippen LogP contribution in [0.5, 0.6) is 0 Å². The maximum absolute atomic E-state index is 12.9. The Hall–Kier alpha value is -1.76. The van der Waals surface area contributed by atoms with Gasteiger partial charge in [0.05, 0.1) is 16.4 Å². The lowest BCUT2D eigenvalue weighted by molar-refractivity contribution is 0.0700. The highest BCUT2D eigenvalue weighted by molar-refractivity contribution is 7.11. The van der Waals surface area contributed by atoms with Gasteiger partial charge in [-0.2, -0.15) is 0 Å². The fourth-order valence-electron chi connectivity index (χ4n) is 3.21. The molecule has 3 rings (SSSR count). The normalized spacial score (nSPS) is 18.4. The van der Waals surface area contributed by atoms with Gasteiger partial charge in [0.15, 0.2) is 5.69 Å². The molecule has 2 aromatic heterocycles. The lowest BCUT2D eigenvalue weighted by Crippen LogP contribution is -2.39. The fourth-order valence-corrected chi connectivity index (χ4v) is 4.26. The van der Waals surface area contributed by atoms with Gasteiger partial charge in [0.1, 0.15) is 0 Å². The van der Waals surface area contributed by atoms with Crippen LogP contribution in [0.15, 0.2) is 0 Å². The molecule has 0 aromatic carbocycles. The lowest BCUT2D eigenvalue weighted by atomic mass is 9.98. The first-order valence-electron chi connectivity index (χ1n) is 8.53. The minimum atomic E-state index is -0.00546. The van der Waals surface area contributed by atoms with E-state index in [9.17, 15) is 4.79 Å². The fraction of sp³-hybridized carbons (Fsp3) is 0.647. The van der Waals surface area contributed by atoms with E-state index in [1.165, 1.54) is 4.88 Å². The second-order valence-electron chi connectivity index (χ2n) is 6.85. The van der Waals surface area contributed by atoms with Crippen LogP contribution in [0, 0.1) is 20.8 Å². The van der Waals surface area contributed by atoms with Crippen LogP contribution in [0.3, 0.4) is 0 Å². The summed E-state index contributed by atoms with van der Waals surface area (Å²) in [4.78, 5) is 20.8. The summed E-state index contributed by atoms with van der Waals surface area (Å²) >= 11 is 1.76. The monoisotopic (exact) mass is 347 g/mol. The zero-order valence-corrected chi connectivity index (χ0v) is 15.9. The molecule has 1 fully saturated rings. The molecular weight excluding hydrogens is 322 g/mol. The van der Waals surface area contributed by atoms with E-state index < -0.39 is 0 Å². The second kappa shape index (κ2) is 6.63. The molecular formula is C17H25N5OS. The number of carbonyl (C=O) groups is 1. The van der Waals surface area contributed by atoms with Crippen LogP contribution in [0.1, 0.15) is 70.4 Å². The van der Waals surface area contributed by atoms with Crippen molar-refractivity contribution in [2.45, 2.75) is 59.4 Å². The Bertz CT molecular complexity index is 729. The summed E-state index contributed by atoms with van der Waals surface area (Å²) in [7, 11) is 0. The number of likely N-dealkylation sites (tertiary alicyclic amines) is 1. The number of hydrogen-bond acceptors (Lipinski definition) is 5. The van der Waals surface area contributed by atoms with Gasteiger partial charge in [-0.05, 0) is 47.5 Å². The number of amides is 1. The van der Waals surface area contributed by atoms with Crippen LogP contribution in [-0.2, 0) is 0 Å². The zero-order valence-electron chi connectivity index (χ0n) is 15.0. The van der Waals surface area contributed by atoms with E-state index in [1.54, 1.807) is 11.3 Å². The number of nitrogens with zero attached hydrogens (tertiary/aromatic N) is 5. The predicted molar refractivity (Wildman–Crippen MR) is 94.6 cm³/mol. The van der Waals surface area contributed by atoms with Gasteiger partial charge >= 0.3 is 0 Å². The molecule has 1 aliphatic rings. The largest absolute Gasteiger partial charge is 0.336 e. The van der Waals surface area contributed by atoms with Crippen molar-refractivity contribution in [3.8, 4) is 0 Å². The van der Waals surface area contributed by atoms with E-state index in [0.717, 1.165) is 42.3 Å². The molecule has 1 unspecified atom stereocenters. The second-order valence-corrected chi connectivity index (χ2v) is 8.08. The molecule has 6 nitrogen and oxygen atoms in total. The number of aromatic nitrogens is 4. The van der Waals surface area contributed by atoms with E-state index in [4.69, 9.17) is 4.98 Å². The highest BCUT2D eigenvalue weighted by atomic mass is 32.1. The molecule has 7 heteroatoms. The third-order valence-electron chi connectivity index (χ3n) is 4.72. The Balaban J connectivity index is 1.78. The number of aryl methyl sites for hydroxylation is 2. The van der Waals surface area contributed by atoms with Crippen LogP contribution in [0.2, 0.25) is 0 Å². The van der Waals surface area contributed by atoms with E-state index in [-0.39, 0.29) is 11.9 Å². The van der Waals surface area contributed by atoms with E-state index in [1.807, 2.05) is 30.4 Å². The Kier molecular flexibility index (Phi) is 4.71. The van der Waals surface area contributed by atoms with Crippen LogP contribution < -0.4 is 0 Å². The molecule has 130 valence electrons. The molecule has 0 radical (unpaired) electrons. The van der Waals surface area contributed by atoms with Crippen molar-refractivity contribution in [2.24, 2.45) is 0 Å². The molecule has 0 bridgehead atoms. The van der Waals surface area contributed by atoms with Gasteiger partial charge < -0.3 is 4.90 Å². The van der Waals surface area contributed by atoms with Crippen LogP contribution in [0.4, 0.5) is 0 Å². The van der Waals surface area contributed by atoms with Crippen molar-refractivity contribution in [1.82, 2.24) is 24.9 Å². The van der Waals surface area contributed by atoms with Crippen molar-refractivity contribution < 1.29 is 4.79 Å². The van der Waals surface area contributed by atoms with Gasteiger partial charge in [-0.25, -0.2) is 9.67 Å². The molecule has 3 heterocycles. The van der Waals surface area contributed by atoms with Gasteiger partial charge in [0, 0.05) is 29.9 Å². The maximum Gasteiger partial charge on any atom is 0.276 e. The Morgan fingerprint density at radius 2 is 2.04 bits per heavy atom. The van der Waals surface area contributed by atoms with Gasteiger partial charge in [-0.3, -0.25) is 4.79 Å². The molecule has 0 N–H and O–H groups in total. The summed E-state index contributed by atoms with van der Waals surface area (Å²) in [6.45, 7) is 11.7. The summed E-state index contributed by atoms with van der Waals surface area (Å²) in [5, 5.41) is 9.43. The average molecular weight is 347 g/mol. The van der Waals surface area contributed by atoms with Crippen LogP contribution in [0.25, 0.3) is 0 Å². The first-order chi connectivity index (χ1) is 11.4. The third-order valence-corrected chi connectivity index (χ3v) is 5.96. The molecule has 1 atom stereocenters. The van der Waals surface area contributed by atoms with Crippen molar-refractivity contribution in [2.75, 3.05) is 13.1 Å². The number of rotatable bonds is 3. The molecule has 1 saturated heterocycles. The molecule has 0 aliphatic carbocycles. The molecule has 1 aliphatic heterocycles. The topological polar surface area (TPSA) is 63.9 Å². The number of piperidine rings is 1. The van der Waals surface area contributed by atoms with Gasteiger partial charge in [-0.15, -0.1) is 16.4 Å². The van der Waals surface area contributed by atoms with Crippen molar-refractivity contribution in [3.63, 3.8) is 0 Å². The third kappa shape index (κ3) is 3.09. The SMILES string of the molecule is Cc1nc(C2CCCN(C(=O)c3nnn(C(C)C)c3C)C2)sc1C. The zero-order chi connectivity index (χ0) is 17.4. The quantitative estimate of drug-likeness (QED) is 0.855. The molecule has 24 heavy (non-hydrogen) atoms. The first-order valence-corrected chi connectivity index (χ1v) is 9.35. The van der Waals surface area contributed by atoms with Gasteiger partial charge in [0.2, 0.25) is 0 Å². The summed E-state index contributed by atoms with van der Waals surface area (Å²) in [5.41, 5.74) is 2.43.